The molecule has 0 amide bonds. The molecule has 0 bridgehead atoms. The molecule has 0 saturated heterocycles. The SMILES string of the molecule is C1=CC2=NN=CCN2C=N1. The molecule has 0 saturated carbocycles. The van der Waals surface area contributed by atoms with E-state index >= 15 is 0 Å². The highest BCUT2D eigenvalue weighted by Gasteiger charge is 2.09. The van der Waals surface area contributed by atoms with Gasteiger partial charge in [-0.3, -0.25) is 0 Å². The van der Waals surface area contributed by atoms with E-state index < -0.39 is 0 Å². The zero-order valence-electron chi connectivity index (χ0n) is 5.31. The zero-order chi connectivity index (χ0) is 6.81. The molecule has 10 heavy (non-hydrogen) atoms. The first-order chi connectivity index (χ1) is 4.97. The van der Waals surface area contributed by atoms with Gasteiger partial charge < -0.3 is 4.90 Å². The number of nitrogens with zero attached hydrogens (tertiary/aromatic N) is 4. The molecule has 0 radical (unpaired) electrons. The number of hydrogen-bond acceptors (Lipinski definition) is 4. The predicted octanol–water partition coefficient (Wildman–Crippen LogP) is 0.242. The van der Waals surface area contributed by atoms with Gasteiger partial charge in [0.2, 0.25) is 0 Å². The van der Waals surface area contributed by atoms with E-state index in [0.717, 1.165) is 12.4 Å². The Morgan fingerprint density at radius 2 is 2.50 bits per heavy atom. The van der Waals surface area contributed by atoms with Crippen LogP contribution < -0.4 is 0 Å². The Kier molecular flexibility index (Phi) is 1.10. The third-order valence-corrected chi connectivity index (χ3v) is 1.33. The minimum atomic E-state index is 0.771. The summed E-state index contributed by atoms with van der Waals surface area (Å²) in [7, 11) is 0. The molecular formula is C6H6N4. The van der Waals surface area contributed by atoms with E-state index in [1.54, 1.807) is 18.8 Å². The van der Waals surface area contributed by atoms with Crippen molar-refractivity contribution in [3.63, 3.8) is 0 Å². The first kappa shape index (κ1) is 5.34. The molecule has 2 heterocycles. The molecule has 4 heteroatoms. The second-order valence-corrected chi connectivity index (χ2v) is 1.99. The number of rotatable bonds is 0. The third kappa shape index (κ3) is 0.737. The Morgan fingerprint density at radius 1 is 1.50 bits per heavy atom. The summed E-state index contributed by atoms with van der Waals surface area (Å²) in [5, 5.41) is 7.66. The van der Waals surface area contributed by atoms with Gasteiger partial charge in [0.1, 0.15) is 0 Å². The van der Waals surface area contributed by atoms with Crippen molar-refractivity contribution >= 4 is 18.4 Å². The van der Waals surface area contributed by atoms with Crippen molar-refractivity contribution in [3.8, 4) is 0 Å². The first-order valence-electron chi connectivity index (χ1n) is 3.03. The lowest BCUT2D eigenvalue weighted by Gasteiger charge is -2.19. The van der Waals surface area contributed by atoms with Gasteiger partial charge >= 0.3 is 0 Å². The molecule has 2 rings (SSSR count). The average molecular weight is 134 g/mol. The van der Waals surface area contributed by atoms with E-state index in [9.17, 15) is 0 Å². The standard InChI is InChI=1S/C6H6N4/c1-2-7-5-10-4-3-8-9-6(1)10/h1-3,5H,4H2. The van der Waals surface area contributed by atoms with Gasteiger partial charge in [0.25, 0.3) is 0 Å². The number of fused-ring (bicyclic) bond motifs is 1. The number of amidine groups is 1. The van der Waals surface area contributed by atoms with Gasteiger partial charge in [-0.2, -0.15) is 5.10 Å². The van der Waals surface area contributed by atoms with Gasteiger partial charge in [0, 0.05) is 18.5 Å². The van der Waals surface area contributed by atoms with Crippen molar-refractivity contribution in [2.75, 3.05) is 6.54 Å². The monoisotopic (exact) mass is 134 g/mol. The largest absolute Gasteiger partial charge is 0.310 e. The van der Waals surface area contributed by atoms with Gasteiger partial charge in [-0.05, 0) is 0 Å². The molecule has 0 atom stereocenters. The Hall–Kier alpha value is -1.45. The summed E-state index contributed by atoms with van der Waals surface area (Å²) < 4.78 is 0. The van der Waals surface area contributed by atoms with E-state index in [4.69, 9.17) is 0 Å². The molecule has 0 unspecified atom stereocenters. The Balaban J connectivity index is 2.34. The fourth-order valence-corrected chi connectivity index (χ4v) is 0.839. The Morgan fingerprint density at radius 3 is 3.40 bits per heavy atom. The van der Waals surface area contributed by atoms with E-state index in [-0.39, 0.29) is 0 Å². The summed E-state index contributed by atoms with van der Waals surface area (Å²) in [6, 6.07) is 0. The lowest BCUT2D eigenvalue weighted by atomic mass is 10.4. The van der Waals surface area contributed by atoms with Crippen molar-refractivity contribution in [1.29, 1.82) is 0 Å². The van der Waals surface area contributed by atoms with Gasteiger partial charge in [0.15, 0.2) is 5.84 Å². The van der Waals surface area contributed by atoms with Crippen molar-refractivity contribution < 1.29 is 0 Å². The zero-order valence-corrected chi connectivity index (χ0v) is 5.31. The van der Waals surface area contributed by atoms with Crippen LogP contribution >= 0.6 is 0 Å². The van der Waals surface area contributed by atoms with Crippen LogP contribution in [0.5, 0.6) is 0 Å². The minimum Gasteiger partial charge on any atom is -0.310 e. The van der Waals surface area contributed by atoms with Gasteiger partial charge in [0.05, 0.1) is 12.9 Å². The molecule has 0 spiro atoms. The van der Waals surface area contributed by atoms with Crippen LogP contribution in [0.15, 0.2) is 27.5 Å². The van der Waals surface area contributed by atoms with Crippen LogP contribution in [-0.4, -0.2) is 29.8 Å². The summed E-state index contributed by atoms with van der Waals surface area (Å²) in [5.41, 5.74) is 0. The van der Waals surface area contributed by atoms with Crippen LogP contribution in [-0.2, 0) is 0 Å². The Bertz CT molecular complexity index is 248. The maximum Gasteiger partial charge on any atom is 0.158 e. The topological polar surface area (TPSA) is 40.3 Å². The Labute approximate surface area is 58.3 Å². The fourth-order valence-electron chi connectivity index (χ4n) is 0.839. The lowest BCUT2D eigenvalue weighted by Crippen LogP contribution is -2.33. The molecule has 0 aromatic carbocycles. The van der Waals surface area contributed by atoms with Crippen LogP contribution in [0, 0.1) is 0 Å². The van der Waals surface area contributed by atoms with Crippen LogP contribution in [0.2, 0.25) is 0 Å². The maximum absolute atomic E-state index is 3.94. The molecule has 0 aromatic rings. The summed E-state index contributed by atoms with van der Waals surface area (Å²) in [6.07, 6.45) is 7.02. The van der Waals surface area contributed by atoms with Crippen LogP contribution in [0.4, 0.5) is 0 Å². The number of hydrogen-bond donors (Lipinski definition) is 0. The van der Waals surface area contributed by atoms with Crippen LogP contribution in [0.25, 0.3) is 0 Å². The molecule has 0 aromatic heterocycles. The minimum absolute atomic E-state index is 0.771. The third-order valence-electron chi connectivity index (χ3n) is 1.33. The van der Waals surface area contributed by atoms with Crippen molar-refractivity contribution in [2.45, 2.75) is 0 Å². The molecule has 4 nitrogen and oxygen atoms in total. The van der Waals surface area contributed by atoms with Crippen LogP contribution in [0.3, 0.4) is 0 Å². The smallest absolute Gasteiger partial charge is 0.158 e. The van der Waals surface area contributed by atoms with Crippen molar-refractivity contribution in [2.24, 2.45) is 15.2 Å². The highest BCUT2D eigenvalue weighted by Crippen LogP contribution is 2.00. The van der Waals surface area contributed by atoms with E-state index in [1.807, 2.05) is 11.0 Å². The normalized spacial score (nSPS) is 20.8. The van der Waals surface area contributed by atoms with E-state index in [0.29, 0.717) is 0 Å². The summed E-state index contributed by atoms with van der Waals surface area (Å²) in [4.78, 5) is 5.86. The quantitative estimate of drug-likeness (QED) is 0.468. The summed E-state index contributed by atoms with van der Waals surface area (Å²) >= 11 is 0. The molecule has 0 aliphatic carbocycles. The second-order valence-electron chi connectivity index (χ2n) is 1.99. The summed E-state index contributed by atoms with van der Waals surface area (Å²) in [6.45, 7) is 0.771. The maximum atomic E-state index is 3.94. The second kappa shape index (κ2) is 2.06. The molecule has 50 valence electrons. The molecular weight excluding hydrogens is 128 g/mol. The van der Waals surface area contributed by atoms with Crippen LogP contribution in [0.1, 0.15) is 0 Å². The van der Waals surface area contributed by atoms with E-state index in [2.05, 4.69) is 15.2 Å². The predicted molar refractivity (Wildman–Crippen MR) is 40.3 cm³/mol. The van der Waals surface area contributed by atoms with Crippen molar-refractivity contribution in [1.82, 2.24) is 4.90 Å². The first-order valence-corrected chi connectivity index (χ1v) is 3.03. The van der Waals surface area contributed by atoms with E-state index in [1.165, 1.54) is 0 Å². The van der Waals surface area contributed by atoms with Gasteiger partial charge in [-0.15, -0.1) is 5.10 Å². The lowest BCUT2D eigenvalue weighted by molar-refractivity contribution is 0.707. The average Bonchev–Trinajstić information content (AvgIpc) is 2.05. The molecule has 2 aliphatic rings. The molecule has 0 fully saturated rings. The highest BCUT2D eigenvalue weighted by atomic mass is 15.3. The highest BCUT2D eigenvalue weighted by molar-refractivity contribution is 6.03. The van der Waals surface area contributed by atoms with Crippen molar-refractivity contribution in [3.05, 3.63) is 12.3 Å². The van der Waals surface area contributed by atoms with Gasteiger partial charge in [-0.25, -0.2) is 4.99 Å². The molecule has 0 N–H and O–H groups in total. The number of aliphatic imine (C=N–C) groups is 1. The summed E-state index contributed by atoms with van der Waals surface area (Å²) in [5.74, 6) is 0.859. The van der Waals surface area contributed by atoms with Gasteiger partial charge in [-0.1, -0.05) is 0 Å². The fraction of sp³-hybridized carbons (Fsp3) is 0.167. The molecule has 2 aliphatic heterocycles.